The molecule has 8 heteroatoms. The van der Waals surface area contributed by atoms with Gasteiger partial charge in [-0.3, -0.25) is 19.5 Å². The van der Waals surface area contributed by atoms with Crippen LogP contribution >= 0.6 is 24.0 Å². The number of ether oxygens (including phenoxy) is 1. The number of allylic oxidation sites excluding steroid dienone is 2. The van der Waals surface area contributed by atoms with Gasteiger partial charge < -0.3 is 15.4 Å². The summed E-state index contributed by atoms with van der Waals surface area (Å²) in [5.41, 5.74) is 0.294. The lowest BCUT2D eigenvalue weighted by molar-refractivity contribution is -0.140. The lowest BCUT2D eigenvalue weighted by Gasteiger charge is -2.19. The van der Waals surface area contributed by atoms with E-state index in [1.54, 1.807) is 0 Å². The monoisotopic (exact) mass is 530 g/mol. The molecule has 1 saturated heterocycles. The van der Waals surface area contributed by atoms with Crippen molar-refractivity contribution < 1.29 is 14.3 Å². The van der Waals surface area contributed by atoms with E-state index in [0.717, 1.165) is 45.1 Å². The van der Waals surface area contributed by atoms with Gasteiger partial charge in [-0.05, 0) is 56.8 Å². The first-order chi connectivity index (χ1) is 14.1. The molecule has 0 aromatic rings. The highest BCUT2D eigenvalue weighted by atomic mass is 127. The maximum Gasteiger partial charge on any atom is 0.233 e. The Hall–Kier alpha value is -1.16. The van der Waals surface area contributed by atoms with Gasteiger partial charge in [0.05, 0.1) is 11.8 Å². The average Bonchev–Trinajstić information content (AvgIpc) is 3.06. The minimum absolute atomic E-state index is 0. The van der Waals surface area contributed by atoms with E-state index >= 15 is 0 Å². The molecule has 4 unspecified atom stereocenters. The van der Waals surface area contributed by atoms with Gasteiger partial charge in [0.15, 0.2) is 5.96 Å². The highest BCUT2D eigenvalue weighted by Crippen LogP contribution is 2.52. The lowest BCUT2D eigenvalue weighted by Crippen LogP contribution is -2.44. The third kappa shape index (κ3) is 4.69. The maximum atomic E-state index is 12.8. The van der Waals surface area contributed by atoms with Crippen molar-refractivity contribution in [1.82, 2.24) is 15.5 Å². The second-order valence-corrected chi connectivity index (χ2v) is 8.90. The number of halogens is 1. The van der Waals surface area contributed by atoms with E-state index in [1.165, 1.54) is 17.7 Å². The first-order valence-corrected chi connectivity index (χ1v) is 11.2. The van der Waals surface area contributed by atoms with Gasteiger partial charge in [-0.15, -0.1) is 24.0 Å². The van der Waals surface area contributed by atoms with Crippen molar-refractivity contribution in [2.24, 2.45) is 34.1 Å². The molecular formula is C22H35IN4O3. The molecule has 1 heterocycles. The van der Waals surface area contributed by atoms with E-state index in [1.807, 2.05) is 13.8 Å². The Morgan fingerprint density at radius 3 is 2.40 bits per heavy atom. The first kappa shape index (κ1) is 23.5. The molecular weight excluding hydrogens is 495 g/mol. The lowest BCUT2D eigenvalue weighted by atomic mass is 9.85. The number of fused-ring (bicyclic) bond motifs is 5. The zero-order valence-corrected chi connectivity index (χ0v) is 20.4. The first-order valence-electron chi connectivity index (χ1n) is 11.2. The minimum Gasteiger partial charge on any atom is -0.382 e. The molecule has 2 saturated carbocycles. The van der Waals surface area contributed by atoms with Gasteiger partial charge in [0.25, 0.3) is 0 Å². The van der Waals surface area contributed by atoms with Crippen LogP contribution in [0.4, 0.5) is 0 Å². The number of carbonyl (C=O) groups is 2. The second kappa shape index (κ2) is 9.97. The molecule has 7 nitrogen and oxygen atoms in total. The Morgan fingerprint density at radius 2 is 1.83 bits per heavy atom. The van der Waals surface area contributed by atoms with Crippen LogP contribution in [0.25, 0.3) is 0 Å². The summed E-state index contributed by atoms with van der Waals surface area (Å²) < 4.78 is 5.50. The Morgan fingerprint density at radius 1 is 1.17 bits per heavy atom. The third-order valence-corrected chi connectivity index (χ3v) is 7.04. The van der Waals surface area contributed by atoms with E-state index < -0.39 is 0 Å². The van der Waals surface area contributed by atoms with Crippen LogP contribution in [0, 0.1) is 29.1 Å². The summed E-state index contributed by atoms with van der Waals surface area (Å²) in [6.07, 6.45) is 8.71. The molecule has 2 amide bonds. The average molecular weight is 530 g/mol. The highest BCUT2D eigenvalue weighted by molar-refractivity contribution is 14.0. The largest absolute Gasteiger partial charge is 0.382 e. The fourth-order valence-corrected chi connectivity index (χ4v) is 5.16. The molecule has 2 bridgehead atoms. The van der Waals surface area contributed by atoms with Crippen LogP contribution in [0.1, 0.15) is 39.5 Å². The van der Waals surface area contributed by atoms with Crippen molar-refractivity contribution in [3.05, 3.63) is 12.2 Å². The Balaban J connectivity index is 0.00000256. The Kier molecular flexibility index (Phi) is 7.81. The number of carbonyl (C=O) groups excluding carboxylic acids is 2. The molecule has 0 radical (unpaired) electrons. The van der Waals surface area contributed by atoms with Crippen molar-refractivity contribution in [2.75, 3.05) is 39.4 Å². The van der Waals surface area contributed by atoms with Gasteiger partial charge in [-0.25, -0.2) is 0 Å². The van der Waals surface area contributed by atoms with Crippen molar-refractivity contribution >= 4 is 41.8 Å². The number of amides is 2. The van der Waals surface area contributed by atoms with E-state index in [4.69, 9.17) is 9.73 Å². The van der Waals surface area contributed by atoms with Gasteiger partial charge in [-0.2, -0.15) is 0 Å². The molecule has 4 aliphatic rings. The molecule has 0 aromatic carbocycles. The molecule has 3 aliphatic carbocycles. The fraction of sp³-hybridized carbons (Fsp3) is 0.773. The summed E-state index contributed by atoms with van der Waals surface area (Å²) >= 11 is 0. The van der Waals surface area contributed by atoms with Crippen LogP contribution in [-0.2, 0) is 14.3 Å². The minimum atomic E-state index is -0.112. The number of nitrogens with one attached hydrogen (secondary N) is 2. The normalized spacial score (nSPS) is 30.5. The fourth-order valence-electron chi connectivity index (χ4n) is 5.16. The summed E-state index contributed by atoms with van der Waals surface area (Å²) in [5, 5.41) is 6.58. The highest BCUT2D eigenvalue weighted by Gasteiger charge is 2.58. The number of guanidine groups is 1. The number of imide groups is 1. The van der Waals surface area contributed by atoms with Crippen LogP contribution in [0.5, 0.6) is 0 Å². The standard InChI is InChI=1S/C22H34N4O3.HI/c1-3-23-21(25-14-22(7-8-22)9-12-29-4-2)24-10-11-26-19(27)17-15-5-6-16(13-15)18(17)20(26)28;/h5-6,15-18H,3-4,7-14H2,1-2H3,(H2,23,24,25);1H. The van der Waals surface area contributed by atoms with E-state index in [2.05, 4.69) is 22.8 Å². The molecule has 0 spiro atoms. The number of rotatable bonds is 10. The maximum absolute atomic E-state index is 12.8. The van der Waals surface area contributed by atoms with Gasteiger partial charge in [0, 0.05) is 39.4 Å². The van der Waals surface area contributed by atoms with Crippen LogP contribution in [0.15, 0.2) is 17.1 Å². The quantitative estimate of drug-likeness (QED) is 0.113. The van der Waals surface area contributed by atoms with Crippen LogP contribution < -0.4 is 10.6 Å². The predicted octanol–water partition coefficient (Wildman–Crippen LogP) is 2.17. The summed E-state index contributed by atoms with van der Waals surface area (Å²) in [6.45, 7) is 8.12. The van der Waals surface area contributed by atoms with Gasteiger partial charge in [0.2, 0.25) is 11.8 Å². The number of aliphatic imine (C=N–C) groups is 1. The predicted molar refractivity (Wildman–Crippen MR) is 127 cm³/mol. The van der Waals surface area contributed by atoms with Gasteiger partial charge in [0.1, 0.15) is 0 Å². The second-order valence-electron chi connectivity index (χ2n) is 8.90. The molecule has 1 aliphatic heterocycles. The molecule has 168 valence electrons. The van der Waals surface area contributed by atoms with Crippen molar-refractivity contribution in [2.45, 2.75) is 39.5 Å². The summed E-state index contributed by atoms with van der Waals surface area (Å²) in [7, 11) is 0. The third-order valence-electron chi connectivity index (χ3n) is 7.04. The summed E-state index contributed by atoms with van der Waals surface area (Å²) in [4.78, 5) is 31.8. The molecule has 0 aromatic heterocycles. The SMILES string of the molecule is CCNC(=NCC1(CCOCC)CC1)NCCN1C(=O)C2C3C=CC(C3)C2C1=O.I. The number of nitrogens with zero attached hydrogens (tertiary/aromatic N) is 2. The zero-order valence-electron chi connectivity index (χ0n) is 18.1. The molecule has 4 rings (SSSR count). The van der Waals surface area contributed by atoms with Crippen LogP contribution in [0.3, 0.4) is 0 Å². The zero-order chi connectivity index (χ0) is 20.4. The Bertz CT molecular complexity index is 676. The van der Waals surface area contributed by atoms with E-state index in [9.17, 15) is 9.59 Å². The molecule has 2 N–H and O–H groups in total. The number of hydrogen-bond donors (Lipinski definition) is 2. The number of likely N-dealkylation sites (tertiary alicyclic amines) is 1. The molecule has 3 fully saturated rings. The van der Waals surface area contributed by atoms with Gasteiger partial charge >= 0.3 is 0 Å². The summed E-state index contributed by atoms with van der Waals surface area (Å²) in [5.74, 6) is 1.12. The molecule has 4 atom stereocenters. The van der Waals surface area contributed by atoms with Crippen molar-refractivity contribution in [3.63, 3.8) is 0 Å². The van der Waals surface area contributed by atoms with E-state index in [-0.39, 0.29) is 59.5 Å². The van der Waals surface area contributed by atoms with Crippen LogP contribution in [-0.4, -0.2) is 62.1 Å². The summed E-state index contributed by atoms with van der Waals surface area (Å²) in [6, 6.07) is 0. The Labute approximate surface area is 196 Å². The van der Waals surface area contributed by atoms with Crippen molar-refractivity contribution in [1.29, 1.82) is 0 Å². The van der Waals surface area contributed by atoms with Crippen molar-refractivity contribution in [3.8, 4) is 0 Å². The van der Waals surface area contributed by atoms with Gasteiger partial charge in [-0.1, -0.05) is 12.2 Å². The molecule has 30 heavy (non-hydrogen) atoms. The number of hydrogen-bond acceptors (Lipinski definition) is 4. The topological polar surface area (TPSA) is 83.0 Å². The van der Waals surface area contributed by atoms with Crippen LogP contribution in [0.2, 0.25) is 0 Å². The smallest absolute Gasteiger partial charge is 0.233 e. The van der Waals surface area contributed by atoms with E-state index in [0.29, 0.717) is 18.5 Å².